The Morgan fingerprint density at radius 1 is 0.931 bits per heavy atom. The molecule has 4 nitrogen and oxygen atoms in total. The van der Waals surface area contributed by atoms with Crippen LogP contribution in [-0.4, -0.2) is 22.5 Å². The first-order chi connectivity index (χ1) is 13.5. The summed E-state index contributed by atoms with van der Waals surface area (Å²) in [5.74, 6) is -0.967. The summed E-state index contributed by atoms with van der Waals surface area (Å²) < 4.78 is 0. The van der Waals surface area contributed by atoms with Crippen LogP contribution in [0.25, 0.3) is 6.08 Å². The topological polar surface area (TPSA) is 71.4 Å². The SMILES string of the molecule is CC1(C)CC(=O)C(C/C(=C/c2ccccc2)C2=C(O)CC(C)(C)CC2=O)C(=O)C1. The number of hydrogen-bond donors (Lipinski definition) is 1. The first kappa shape index (κ1) is 21.2. The number of benzene rings is 1. The lowest BCUT2D eigenvalue weighted by molar-refractivity contribution is -0.139. The zero-order chi connectivity index (χ0) is 21.4. The number of aliphatic hydroxyl groups excluding tert-OH is 1. The Morgan fingerprint density at radius 2 is 1.48 bits per heavy atom. The van der Waals surface area contributed by atoms with E-state index in [-0.39, 0.29) is 40.4 Å². The molecule has 154 valence electrons. The number of ketones is 3. The zero-order valence-electron chi connectivity index (χ0n) is 17.7. The number of Topliss-reactive ketones (excluding diaryl/α,β-unsaturated/α-hetero) is 3. The molecule has 29 heavy (non-hydrogen) atoms. The molecule has 1 fully saturated rings. The van der Waals surface area contributed by atoms with Gasteiger partial charge in [-0.15, -0.1) is 0 Å². The zero-order valence-corrected chi connectivity index (χ0v) is 17.7. The van der Waals surface area contributed by atoms with Crippen molar-refractivity contribution in [3.05, 3.63) is 52.8 Å². The third-order valence-electron chi connectivity index (χ3n) is 5.82. The normalized spacial score (nSPS) is 22.9. The second kappa shape index (κ2) is 7.74. The lowest BCUT2D eigenvalue weighted by Gasteiger charge is -2.34. The van der Waals surface area contributed by atoms with Gasteiger partial charge in [-0.05, 0) is 28.4 Å². The van der Waals surface area contributed by atoms with E-state index in [4.69, 9.17) is 0 Å². The van der Waals surface area contributed by atoms with Crippen molar-refractivity contribution in [1.82, 2.24) is 0 Å². The summed E-state index contributed by atoms with van der Waals surface area (Å²) >= 11 is 0. The third kappa shape index (κ3) is 4.92. The molecule has 0 spiro atoms. The van der Waals surface area contributed by atoms with Crippen LogP contribution in [0.15, 0.2) is 47.2 Å². The minimum atomic E-state index is -0.749. The van der Waals surface area contributed by atoms with Crippen molar-refractivity contribution in [1.29, 1.82) is 0 Å². The minimum absolute atomic E-state index is 0.0597. The molecule has 0 heterocycles. The summed E-state index contributed by atoms with van der Waals surface area (Å²) in [6, 6.07) is 9.50. The average Bonchev–Trinajstić information content (AvgIpc) is 2.56. The van der Waals surface area contributed by atoms with Gasteiger partial charge in [0, 0.05) is 25.7 Å². The van der Waals surface area contributed by atoms with E-state index < -0.39 is 5.92 Å². The molecule has 1 N–H and O–H groups in total. The lowest BCUT2D eigenvalue weighted by atomic mass is 9.68. The van der Waals surface area contributed by atoms with Crippen LogP contribution in [-0.2, 0) is 14.4 Å². The van der Waals surface area contributed by atoms with Crippen LogP contribution >= 0.6 is 0 Å². The predicted octanol–water partition coefficient (Wildman–Crippen LogP) is 5.24. The van der Waals surface area contributed by atoms with Gasteiger partial charge in [0.25, 0.3) is 0 Å². The Hall–Kier alpha value is -2.49. The van der Waals surface area contributed by atoms with Crippen LogP contribution in [0.5, 0.6) is 0 Å². The summed E-state index contributed by atoms with van der Waals surface area (Å²) in [6.07, 6.45) is 3.44. The van der Waals surface area contributed by atoms with Crippen molar-refractivity contribution in [2.75, 3.05) is 0 Å². The van der Waals surface area contributed by atoms with Crippen LogP contribution in [0.1, 0.15) is 65.4 Å². The van der Waals surface area contributed by atoms with Crippen molar-refractivity contribution < 1.29 is 19.5 Å². The first-order valence-electron chi connectivity index (χ1n) is 10.2. The van der Waals surface area contributed by atoms with Gasteiger partial charge in [-0.25, -0.2) is 0 Å². The highest BCUT2D eigenvalue weighted by molar-refractivity contribution is 6.07. The van der Waals surface area contributed by atoms with Crippen molar-refractivity contribution in [3.8, 4) is 0 Å². The van der Waals surface area contributed by atoms with Gasteiger partial charge < -0.3 is 5.11 Å². The van der Waals surface area contributed by atoms with E-state index in [0.717, 1.165) is 5.56 Å². The second-order valence-electron chi connectivity index (χ2n) is 10.0. The average molecular weight is 395 g/mol. The standard InChI is InChI=1S/C25H30O4/c1-24(2)12-19(26)18(20(27)13-24)11-17(10-16-8-6-5-7-9-16)23-21(28)14-25(3,4)15-22(23)29/h5-10,18,28H,11-15H2,1-4H3/b17-10-. The van der Waals surface area contributed by atoms with Gasteiger partial charge in [-0.2, -0.15) is 0 Å². The highest BCUT2D eigenvalue weighted by Gasteiger charge is 2.41. The number of carbonyl (C=O) groups excluding carboxylic acids is 3. The smallest absolute Gasteiger partial charge is 0.167 e. The summed E-state index contributed by atoms with van der Waals surface area (Å²) in [7, 11) is 0. The van der Waals surface area contributed by atoms with Gasteiger partial charge in [0.15, 0.2) is 5.78 Å². The molecule has 1 aromatic carbocycles. The largest absolute Gasteiger partial charge is 0.512 e. The van der Waals surface area contributed by atoms with Crippen LogP contribution in [0.3, 0.4) is 0 Å². The summed E-state index contributed by atoms with van der Waals surface area (Å²) in [5, 5.41) is 10.7. The van der Waals surface area contributed by atoms with Gasteiger partial charge >= 0.3 is 0 Å². The van der Waals surface area contributed by atoms with E-state index in [2.05, 4.69) is 0 Å². The van der Waals surface area contributed by atoms with E-state index in [1.807, 2.05) is 64.1 Å². The molecule has 0 aromatic heterocycles. The fraction of sp³-hybridized carbons (Fsp3) is 0.480. The summed E-state index contributed by atoms with van der Waals surface area (Å²) in [5.41, 5.74) is 1.12. The quantitative estimate of drug-likeness (QED) is 0.709. The van der Waals surface area contributed by atoms with E-state index in [1.165, 1.54) is 0 Å². The van der Waals surface area contributed by atoms with Gasteiger partial charge in [-0.3, -0.25) is 14.4 Å². The Morgan fingerprint density at radius 3 is 2.03 bits per heavy atom. The molecular weight excluding hydrogens is 364 g/mol. The van der Waals surface area contributed by atoms with Gasteiger partial charge in [0.1, 0.15) is 17.3 Å². The Bertz CT molecular complexity index is 880. The molecule has 1 saturated carbocycles. The number of rotatable bonds is 4. The van der Waals surface area contributed by atoms with Crippen molar-refractivity contribution in [2.45, 2.75) is 59.8 Å². The number of allylic oxidation sites excluding steroid dienone is 3. The van der Waals surface area contributed by atoms with E-state index in [9.17, 15) is 19.5 Å². The second-order valence-corrected chi connectivity index (χ2v) is 10.0. The fourth-order valence-corrected chi connectivity index (χ4v) is 4.52. The lowest BCUT2D eigenvalue weighted by Crippen LogP contribution is -2.38. The van der Waals surface area contributed by atoms with Crippen LogP contribution in [0.4, 0.5) is 0 Å². The van der Waals surface area contributed by atoms with Crippen LogP contribution < -0.4 is 0 Å². The molecule has 1 aromatic rings. The molecule has 0 radical (unpaired) electrons. The maximum absolute atomic E-state index is 12.9. The Kier molecular flexibility index (Phi) is 5.66. The van der Waals surface area contributed by atoms with Gasteiger partial charge in [0.2, 0.25) is 0 Å². The predicted molar refractivity (Wildman–Crippen MR) is 113 cm³/mol. The van der Waals surface area contributed by atoms with Crippen molar-refractivity contribution in [2.24, 2.45) is 16.7 Å². The van der Waals surface area contributed by atoms with Crippen molar-refractivity contribution in [3.63, 3.8) is 0 Å². The molecule has 0 bridgehead atoms. The molecule has 0 saturated heterocycles. The Labute approximate surface area is 172 Å². The van der Waals surface area contributed by atoms with Crippen molar-refractivity contribution >= 4 is 23.4 Å². The molecular formula is C25H30O4. The minimum Gasteiger partial charge on any atom is -0.512 e. The highest BCUT2D eigenvalue weighted by atomic mass is 16.3. The van der Waals surface area contributed by atoms with Gasteiger partial charge in [0.05, 0.1) is 11.5 Å². The molecule has 0 aliphatic heterocycles. The first-order valence-corrected chi connectivity index (χ1v) is 10.2. The van der Waals surface area contributed by atoms with Crippen LogP contribution in [0.2, 0.25) is 0 Å². The number of aliphatic hydroxyl groups is 1. The Balaban J connectivity index is 2.02. The van der Waals surface area contributed by atoms with E-state index in [1.54, 1.807) is 0 Å². The third-order valence-corrected chi connectivity index (χ3v) is 5.82. The molecule has 0 atom stereocenters. The molecule has 2 aliphatic rings. The number of hydrogen-bond acceptors (Lipinski definition) is 4. The fourth-order valence-electron chi connectivity index (χ4n) is 4.52. The van der Waals surface area contributed by atoms with Gasteiger partial charge in [-0.1, -0.05) is 64.1 Å². The van der Waals surface area contributed by atoms with E-state index in [0.29, 0.717) is 36.8 Å². The molecule has 2 aliphatic carbocycles. The monoisotopic (exact) mass is 394 g/mol. The number of carbonyl (C=O) groups is 3. The maximum Gasteiger partial charge on any atom is 0.167 e. The highest BCUT2D eigenvalue weighted by Crippen LogP contribution is 2.42. The summed E-state index contributed by atoms with van der Waals surface area (Å²) in [6.45, 7) is 7.77. The molecule has 3 rings (SSSR count). The van der Waals surface area contributed by atoms with E-state index >= 15 is 0 Å². The molecule has 4 heteroatoms. The summed E-state index contributed by atoms with van der Waals surface area (Å²) in [4.78, 5) is 38.4. The molecule has 0 amide bonds. The maximum atomic E-state index is 12.9. The molecule has 0 unspecified atom stereocenters. The van der Waals surface area contributed by atoms with Crippen LogP contribution in [0, 0.1) is 16.7 Å².